The first-order chi connectivity index (χ1) is 18.4. The Morgan fingerprint density at radius 2 is 1.47 bits per heavy atom. The molecule has 1 spiro atoms. The summed E-state index contributed by atoms with van der Waals surface area (Å²) in [4.78, 5) is 47.6. The molecule has 38 heavy (non-hydrogen) atoms. The molecule has 7 heteroatoms. The molecule has 0 radical (unpaired) electrons. The molecule has 2 aliphatic heterocycles. The van der Waals surface area contributed by atoms with Crippen molar-refractivity contribution in [1.29, 1.82) is 0 Å². The van der Waals surface area contributed by atoms with Gasteiger partial charge in [0.15, 0.2) is 0 Å². The average Bonchev–Trinajstić information content (AvgIpc) is 3.20. The Kier molecular flexibility index (Phi) is 7.18. The highest BCUT2D eigenvalue weighted by atomic mass is 16.2. The second-order valence-electron chi connectivity index (χ2n) is 10.3. The largest absolute Gasteiger partial charge is 0.340 e. The maximum atomic E-state index is 14.0. The number of para-hydroxylation sites is 1. The molecule has 3 aromatic rings. The molecule has 0 atom stereocenters. The molecule has 7 nitrogen and oxygen atoms in total. The molecule has 2 fully saturated rings. The zero-order valence-electron chi connectivity index (χ0n) is 22.0. The maximum Gasteiger partial charge on any atom is 0.253 e. The fourth-order valence-corrected chi connectivity index (χ4v) is 5.51. The van der Waals surface area contributed by atoms with E-state index in [1.807, 2.05) is 96.8 Å². The topological polar surface area (TPSA) is 64.2 Å². The smallest absolute Gasteiger partial charge is 0.253 e. The van der Waals surface area contributed by atoms with Gasteiger partial charge in [-0.2, -0.15) is 0 Å². The third-order valence-electron chi connectivity index (χ3n) is 7.77. The number of likely N-dealkylation sites (tertiary alicyclic amines) is 1. The maximum absolute atomic E-state index is 14.0. The molecule has 2 heterocycles. The van der Waals surface area contributed by atoms with E-state index >= 15 is 0 Å². The van der Waals surface area contributed by atoms with E-state index in [0.717, 1.165) is 16.8 Å². The zero-order chi connectivity index (χ0) is 26.7. The Morgan fingerprint density at radius 3 is 2.11 bits per heavy atom. The van der Waals surface area contributed by atoms with Crippen LogP contribution in [0.15, 0.2) is 84.9 Å². The van der Waals surface area contributed by atoms with Crippen molar-refractivity contribution >= 4 is 23.4 Å². The van der Waals surface area contributed by atoms with Crippen LogP contribution in [0.25, 0.3) is 0 Å². The number of rotatable bonds is 6. The Labute approximate surface area is 224 Å². The van der Waals surface area contributed by atoms with E-state index in [1.165, 1.54) is 0 Å². The summed E-state index contributed by atoms with van der Waals surface area (Å²) in [5, 5.41) is 0. The van der Waals surface area contributed by atoms with Crippen LogP contribution in [0.4, 0.5) is 5.69 Å². The number of aryl methyl sites for hydroxylation is 1. The van der Waals surface area contributed by atoms with E-state index < -0.39 is 5.54 Å². The summed E-state index contributed by atoms with van der Waals surface area (Å²) in [5.41, 5.74) is 3.00. The number of likely N-dealkylation sites (N-methyl/N-ethyl adjacent to an activating group) is 1. The van der Waals surface area contributed by atoms with E-state index in [4.69, 9.17) is 0 Å². The Balaban J connectivity index is 1.32. The molecule has 0 bridgehead atoms. The second kappa shape index (κ2) is 10.7. The van der Waals surface area contributed by atoms with Gasteiger partial charge >= 0.3 is 0 Å². The van der Waals surface area contributed by atoms with Crippen molar-refractivity contribution < 1.29 is 14.4 Å². The van der Waals surface area contributed by atoms with Crippen LogP contribution in [0.2, 0.25) is 0 Å². The standard InChI is InChI=1S/C31H34N4O3/c1-24-13-15-26(16-14-24)29(37)33-19-17-31(18-20-33)30(38)34(23-35(31)27-11-7-4-8-12-27)22-28(36)32(2)21-25-9-5-3-6-10-25/h3-16H,17-23H2,1-2H3. The van der Waals surface area contributed by atoms with Crippen LogP contribution in [-0.4, -0.2) is 71.3 Å². The highest BCUT2D eigenvalue weighted by Crippen LogP contribution is 2.39. The monoisotopic (exact) mass is 510 g/mol. The molecule has 5 rings (SSSR count). The summed E-state index contributed by atoms with van der Waals surface area (Å²) in [6, 6.07) is 27.3. The van der Waals surface area contributed by atoms with E-state index in [9.17, 15) is 14.4 Å². The van der Waals surface area contributed by atoms with Crippen LogP contribution >= 0.6 is 0 Å². The van der Waals surface area contributed by atoms with Crippen molar-refractivity contribution in [2.75, 3.05) is 38.3 Å². The molecule has 3 aromatic carbocycles. The van der Waals surface area contributed by atoms with Crippen LogP contribution in [0, 0.1) is 6.92 Å². The number of hydrogen-bond donors (Lipinski definition) is 0. The zero-order valence-corrected chi connectivity index (χ0v) is 22.0. The quantitative estimate of drug-likeness (QED) is 0.504. The predicted octanol–water partition coefficient (Wildman–Crippen LogP) is 3.93. The fourth-order valence-electron chi connectivity index (χ4n) is 5.51. The molecule has 0 saturated carbocycles. The van der Waals surface area contributed by atoms with E-state index in [0.29, 0.717) is 44.7 Å². The van der Waals surface area contributed by atoms with Gasteiger partial charge in [-0.25, -0.2) is 0 Å². The van der Waals surface area contributed by atoms with Crippen molar-refractivity contribution in [1.82, 2.24) is 14.7 Å². The number of amides is 3. The van der Waals surface area contributed by atoms with Crippen LogP contribution in [0.3, 0.4) is 0 Å². The summed E-state index contributed by atoms with van der Waals surface area (Å²) >= 11 is 0. The average molecular weight is 511 g/mol. The molecule has 196 valence electrons. The van der Waals surface area contributed by atoms with Gasteiger partial charge in [0.1, 0.15) is 12.1 Å². The molecular formula is C31H34N4O3. The van der Waals surface area contributed by atoms with Crippen molar-refractivity contribution in [3.8, 4) is 0 Å². The lowest BCUT2D eigenvalue weighted by Gasteiger charge is -2.43. The van der Waals surface area contributed by atoms with Gasteiger partial charge in [-0.3, -0.25) is 14.4 Å². The lowest BCUT2D eigenvalue weighted by Crippen LogP contribution is -2.57. The number of benzene rings is 3. The number of carbonyl (C=O) groups excluding carboxylic acids is 3. The summed E-state index contributed by atoms with van der Waals surface area (Å²) in [7, 11) is 1.77. The first-order valence-electron chi connectivity index (χ1n) is 13.1. The van der Waals surface area contributed by atoms with E-state index in [-0.39, 0.29) is 24.3 Å². The third kappa shape index (κ3) is 5.01. The molecule has 0 N–H and O–H groups in total. The van der Waals surface area contributed by atoms with Gasteiger partial charge in [0.25, 0.3) is 11.8 Å². The van der Waals surface area contributed by atoms with Crippen LogP contribution in [0.5, 0.6) is 0 Å². The highest BCUT2D eigenvalue weighted by molar-refractivity contribution is 5.97. The minimum Gasteiger partial charge on any atom is -0.340 e. The third-order valence-corrected chi connectivity index (χ3v) is 7.77. The first-order valence-corrected chi connectivity index (χ1v) is 13.1. The summed E-state index contributed by atoms with van der Waals surface area (Å²) < 4.78 is 0. The number of hydrogen-bond acceptors (Lipinski definition) is 4. The summed E-state index contributed by atoms with van der Waals surface area (Å²) in [6.45, 7) is 3.83. The van der Waals surface area contributed by atoms with Crippen LogP contribution in [0.1, 0.15) is 34.3 Å². The van der Waals surface area contributed by atoms with Gasteiger partial charge in [0.05, 0.1) is 6.67 Å². The minimum absolute atomic E-state index is 0.00822. The van der Waals surface area contributed by atoms with Crippen molar-refractivity contribution in [2.45, 2.75) is 31.8 Å². The SMILES string of the molecule is Cc1ccc(C(=O)N2CCC3(CC2)C(=O)N(CC(=O)N(C)Cc2ccccc2)CN3c2ccccc2)cc1. The number of anilines is 1. The lowest BCUT2D eigenvalue weighted by molar-refractivity contribution is -0.140. The van der Waals surface area contributed by atoms with Gasteiger partial charge in [-0.15, -0.1) is 0 Å². The number of carbonyl (C=O) groups is 3. The predicted molar refractivity (Wildman–Crippen MR) is 147 cm³/mol. The normalized spacial score (nSPS) is 16.7. The number of piperidine rings is 1. The molecule has 3 amide bonds. The van der Waals surface area contributed by atoms with Gasteiger partial charge in [-0.1, -0.05) is 66.2 Å². The van der Waals surface area contributed by atoms with Crippen molar-refractivity contribution in [2.24, 2.45) is 0 Å². The van der Waals surface area contributed by atoms with Gasteiger partial charge < -0.3 is 19.6 Å². The van der Waals surface area contributed by atoms with Gasteiger partial charge in [0, 0.05) is 37.9 Å². The summed E-state index contributed by atoms with van der Waals surface area (Å²) in [5.74, 6) is -0.143. The Bertz CT molecular complexity index is 1290. The minimum atomic E-state index is -0.774. The van der Waals surface area contributed by atoms with Crippen molar-refractivity contribution in [3.63, 3.8) is 0 Å². The fraction of sp³-hybridized carbons (Fsp3) is 0.323. The lowest BCUT2D eigenvalue weighted by atomic mass is 9.85. The van der Waals surface area contributed by atoms with E-state index in [2.05, 4.69) is 4.90 Å². The van der Waals surface area contributed by atoms with Crippen molar-refractivity contribution in [3.05, 3.63) is 102 Å². The molecule has 0 aliphatic carbocycles. The van der Waals surface area contributed by atoms with Gasteiger partial charge in [0.2, 0.25) is 5.91 Å². The second-order valence-corrected chi connectivity index (χ2v) is 10.3. The summed E-state index contributed by atoms with van der Waals surface area (Å²) in [6.07, 6.45) is 1.03. The Hall–Kier alpha value is -4.13. The Morgan fingerprint density at radius 1 is 0.868 bits per heavy atom. The molecule has 2 aliphatic rings. The number of nitrogens with zero attached hydrogens (tertiary/aromatic N) is 4. The van der Waals surface area contributed by atoms with Crippen LogP contribution in [-0.2, 0) is 16.1 Å². The van der Waals surface area contributed by atoms with E-state index in [1.54, 1.807) is 16.8 Å². The molecule has 0 unspecified atom stereocenters. The highest BCUT2D eigenvalue weighted by Gasteiger charge is 2.54. The van der Waals surface area contributed by atoms with Gasteiger partial charge in [-0.05, 0) is 49.6 Å². The molecule has 2 saturated heterocycles. The van der Waals surface area contributed by atoms with Crippen LogP contribution < -0.4 is 4.90 Å². The molecular weight excluding hydrogens is 476 g/mol. The molecule has 0 aromatic heterocycles. The first kappa shape index (κ1) is 25.5.